The predicted molar refractivity (Wildman–Crippen MR) is 70.7 cm³/mol. The van der Waals surface area contributed by atoms with Gasteiger partial charge in [0, 0.05) is 19.8 Å². The molecule has 88 valence electrons. The van der Waals surface area contributed by atoms with Gasteiger partial charge < -0.3 is 10.1 Å². The molecule has 0 aliphatic rings. The van der Waals surface area contributed by atoms with E-state index < -0.39 is 0 Å². The fraction of sp³-hybridized carbons (Fsp3) is 0.364. The topological polar surface area (TPSA) is 36.5 Å². The van der Waals surface area contributed by atoms with E-state index in [1.807, 2.05) is 45.3 Å². The predicted octanol–water partition coefficient (Wildman–Crippen LogP) is 1.85. The van der Waals surface area contributed by atoms with Gasteiger partial charge in [-0.1, -0.05) is 0 Å². The largest absolute Gasteiger partial charge is 0.494 e. The maximum Gasteiger partial charge on any atom is 0.185 e. The maximum atomic E-state index is 5.35. The summed E-state index contributed by atoms with van der Waals surface area (Å²) in [5.74, 6) is 0.861. The smallest absolute Gasteiger partial charge is 0.185 e. The zero-order valence-electron chi connectivity index (χ0n) is 9.78. The van der Waals surface area contributed by atoms with Gasteiger partial charge in [-0.3, -0.25) is 5.43 Å². The van der Waals surface area contributed by atoms with Gasteiger partial charge >= 0.3 is 0 Å². The van der Waals surface area contributed by atoms with Crippen LogP contribution < -0.4 is 15.5 Å². The molecule has 16 heavy (non-hydrogen) atoms. The highest BCUT2D eigenvalue weighted by Gasteiger charge is 1.98. The molecule has 0 saturated carbocycles. The molecule has 0 atom stereocenters. The van der Waals surface area contributed by atoms with Gasteiger partial charge in [-0.15, -0.1) is 0 Å². The van der Waals surface area contributed by atoms with Crippen molar-refractivity contribution in [1.82, 2.24) is 10.4 Å². The Bertz CT molecular complexity index is 338. The van der Waals surface area contributed by atoms with Gasteiger partial charge in [0.25, 0.3) is 0 Å². The standard InChI is InChI=1S/C11H17N3OS/c1-4-15-10-7-5-9(6-8-10)12-11(16)13-14(2)3/h5-8H,4H2,1-3H3,(H2,12,13,16). The summed E-state index contributed by atoms with van der Waals surface area (Å²) in [5, 5.41) is 5.41. The monoisotopic (exact) mass is 239 g/mol. The highest BCUT2D eigenvalue weighted by atomic mass is 32.1. The number of nitrogens with one attached hydrogen (secondary N) is 2. The molecule has 0 spiro atoms. The molecule has 0 bridgehead atoms. The molecule has 0 aromatic heterocycles. The van der Waals surface area contributed by atoms with E-state index in [1.54, 1.807) is 5.01 Å². The molecule has 0 heterocycles. The number of ether oxygens (including phenoxy) is 1. The van der Waals surface area contributed by atoms with E-state index in [-0.39, 0.29) is 0 Å². The van der Waals surface area contributed by atoms with Crippen LogP contribution in [-0.4, -0.2) is 30.8 Å². The molecule has 1 aromatic rings. The Labute approximate surface area is 102 Å². The molecular weight excluding hydrogens is 222 g/mol. The van der Waals surface area contributed by atoms with Gasteiger partial charge in [0.2, 0.25) is 0 Å². The van der Waals surface area contributed by atoms with Crippen molar-refractivity contribution in [3.8, 4) is 5.75 Å². The van der Waals surface area contributed by atoms with Crippen LogP contribution in [0.2, 0.25) is 0 Å². The molecule has 1 rings (SSSR count). The van der Waals surface area contributed by atoms with Gasteiger partial charge in [-0.2, -0.15) is 0 Å². The molecule has 4 nitrogen and oxygen atoms in total. The van der Waals surface area contributed by atoms with Crippen molar-refractivity contribution in [1.29, 1.82) is 0 Å². The third-order valence-corrected chi connectivity index (χ3v) is 1.94. The van der Waals surface area contributed by atoms with Crippen molar-refractivity contribution in [2.45, 2.75) is 6.92 Å². The molecule has 2 N–H and O–H groups in total. The molecule has 0 unspecified atom stereocenters. The first-order valence-electron chi connectivity index (χ1n) is 5.09. The van der Waals surface area contributed by atoms with Gasteiger partial charge in [0.05, 0.1) is 6.61 Å². The normalized spacial score (nSPS) is 10.0. The highest BCUT2D eigenvalue weighted by Crippen LogP contribution is 2.15. The summed E-state index contributed by atoms with van der Waals surface area (Å²) >= 11 is 5.10. The fourth-order valence-electron chi connectivity index (χ4n) is 1.16. The SMILES string of the molecule is CCOc1ccc(NC(=S)NN(C)C)cc1. The summed E-state index contributed by atoms with van der Waals surface area (Å²) in [4.78, 5) is 0. The number of anilines is 1. The molecule has 0 amide bonds. The van der Waals surface area contributed by atoms with Gasteiger partial charge in [0.15, 0.2) is 5.11 Å². The van der Waals surface area contributed by atoms with E-state index in [1.165, 1.54) is 0 Å². The van der Waals surface area contributed by atoms with Crippen LogP contribution in [0.1, 0.15) is 6.92 Å². The number of nitrogens with zero attached hydrogens (tertiary/aromatic N) is 1. The highest BCUT2D eigenvalue weighted by molar-refractivity contribution is 7.80. The quantitative estimate of drug-likeness (QED) is 0.619. The molecule has 0 aliphatic heterocycles. The van der Waals surface area contributed by atoms with E-state index in [9.17, 15) is 0 Å². The number of rotatable bonds is 4. The zero-order chi connectivity index (χ0) is 12.0. The maximum absolute atomic E-state index is 5.35. The minimum atomic E-state index is 0.564. The third-order valence-electron chi connectivity index (χ3n) is 1.75. The molecule has 0 saturated heterocycles. The fourth-order valence-corrected chi connectivity index (χ4v) is 1.46. The third kappa shape index (κ3) is 4.46. The Morgan fingerprint density at radius 2 is 1.94 bits per heavy atom. The lowest BCUT2D eigenvalue weighted by molar-refractivity contribution is 0.340. The van der Waals surface area contributed by atoms with Crippen molar-refractivity contribution in [3.05, 3.63) is 24.3 Å². The second kappa shape index (κ2) is 6.30. The van der Waals surface area contributed by atoms with Crippen molar-refractivity contribution >= 4 is 23.0 Å². The van der Waals surface area contributed by atoms with Gasteiger partial charge in [-0.05, 0) is 43.4 Å². The molecule has 0 fully saturated rings. The lowest BCUT2D eigenvalue weighted by Crippen LogP contribution is -2.38. The summed E-state index contributed by atoms with van der Waals surface area (Å²) in [6.45, 7) is 2.63. The van der Waals surface area contributed by atoms with Crippen molar-refractivity contribution < 1.29 is 4.74 Å². The van der Waals surface area contributed by atoms with E-state index in [0.29, 0.717) is 11.7 Å². The lowest BCUT2D eigenvalue weighted by Gasteiger charge is -2.15. The Morgan fingerprint density at radius 3 is 2.44 bits per heavy atom. The van der Waals surface area contributed by atoms with Crippen LogP contribution in [0.5, 0.6) is 5.75 Å². The average Bonchev–Trinajstić information content (AvgIpc) is 2.20. The van der Waals surface area contributed by atoms with Crippen LogP contribution in [0.3, 0.4) is 0 Å². The summed E-state index contributed by atoms with van der Waals surface area (Å²) in [6, 6.07) is 7.66. The first kappa shape index (κ1) is 12.7. The molecule has 1 aromatic carbocycles. The summed E-state index contributed by atoms with van der Waals surface area (Å²) in [7, 11) is 3.76. The lowest BCUT2D eigenvalue weighted by atomic mass is 10.3. The van der Waals surface area contributed by atoms with Crippen LogP contribution in [0.15, 0.2) is 24.3 Å². The minimum absolute atomic E-state index is 0.564. The van der Waals surface area contributed by atoms with E-state index in [2.05, 4.69) is 10.7 Å². The Balaban J connectivity index is 2.51. The Kier molecular flexibility index (Phi) is 5.01. The van der Waals surface area contributed by atoms with E-state index in [4.69, 9.17) is 17.0 Å². The van der Waals surface area contributed by atoms with Crippen LogP contribution in [-0.2, 0) is 0 Å². The second-order valence-electron chi connectivity index (χ2n) is 3.42. The second-order valence-corrected chi connectivity index (χ2v) is 3.83. The minimum Gasteiger partial charge on any atom is -0.494 e. The average molecular weight is 239 g/mol. The van der Waals surface area contributed by atoms with Crippen LogP contribution in [0.25, 0.3) is 0 Å². The molecular formula is C11H17N3OS. The number of benzene rings is 1. The first-order chi connectivity index (χ1) is 7.61. The number of hydrazine groups is 1. The van der Waals surface area contributed by atoms with E-state index >= 15 is 0 Å². The van der Waals surface area contributed by atoms with Crippen molar-refractivity contribution in [2.75, 3.05) is 26.0 Å². The molecule has 0 radical (unpaired) electrons. The Morgan fingerprint density at radius 1 is 1.31 bits per heavy atom. The van der Waals surface area contributed by atoms with Crippen LogP contribution >= 0.6 is 12.2 Å². The zero-order valence-corrected chi connectivity index (χ0v) is 10.6. The number of hydrogen-bond donors (Lipinski definition) is 2. The van der Waals surface area contributed by atoms with Gasteiger partial charge in [0.1, 0.15) is 5.75 Å². The van der Waals surface area contributed by atoms with Crippen LogP contribution in [0.4, 0.5) is 5.69 Å². The summed E-state index contributed by atoms with van der Waals surface area (Å²) in [6.07, 6.45) is 0. The molecule has 0 aliphatic carbocycles. The summed E-state index contributed by atoms with van der Waals surface area (Å²) < 4.78 is 5.35. The number of thiocarbonyl (C=S) groups is 1. The van der Waals surface area contributed by atoms with Crippen molar-refractivity contribution in [2.24, 2.45) is 0 Å². The van der Waals surface area contributed by atoms with Crippen LogP contribution in [0, 0.1) is 0 Å². The van der Waals surface area contributed by atoms with Gasteiger partial charge in [-0.25, -0.2) is 5.01 Å². The van der Waals surface area contributed by atoms with Crippen molar-refractivity contribution in [3.63, 3.8) is 0 Å². The summed E-state index contributed by atoms with van der Waals surface area (Å²) in [5.41, 5.74) is 3.89. The van der Waals surface area contributed by atoms with E-state index in [0.717, 1.165) is 11.4 Å². The Hall–Kier alpha value is -1.33. The molecule has 5 heteroatoms. The number of hydrogen-bond acceptors (Lipinski definition) is 3. The first-order valence-corrected chi connectivity index (χ1v) is 5.50.